The molecule has 4 heteroatoms. The lowest BCUT2D eigenvalue weighted by Crippen LogP contribution is -2.12. The van der Waals surface area contributed by atoms with E-state index in [2.05, 4.69) is 22.0 Å². The molecule has 0 aromatic heterocycles. The molecule has 0 spiro atoms. The fraction of sp³-hybridized carbons (Fsp3) is 0.125. The summed E-state index contributed by atoms with van der Waals surface area (Å²) in [4.78, 5) is 12.5. The third-order valence-corrected chi connectivity index (χ3v) is 3.85. The number of rotatable bonds is 3. The molecule has 2 rings (SSSR count). The number of carbonyl (C=O) groups is 1. The first-order valence-corrected chi connectivity index (χ1v) is 7.15. The van der Waals surface area contributed by atoms with Crippen molar-refractivity contribution in [1.29, 1.82) is 5.26 Å². The lowest BCUT2D eigenvalue weighted by molar-refractivity contribution is 0.0978. The van der Waals surface area contributed by atoms with Crippen molar-refractivity contribution in [2.45, 2.75) is 12.8 Å². The number of nitrogens with zero attached hydrogens (tertiary/aromatic N) is 1. The maximum atomic E-state index is 12.5. The van der Waals surface area contributed by atoms with Gasteiger partial charge in [-0.3, -0.25) is 4.79 Å². The Hall–Kier alpha value is -1.63. The van der Waals surface area contributed by atoms with Crippen LogP contribution in [0.5, 0.6) is 0 Å². The number of Topliss-reactive ketones (excluding diaryl/α,β-unsaturated/α-hetero) is 1. The maximum absolute atomic E-state index is 12.5. The van der Waals surface area contributed by atoms with E-state index in [1.165, 1.54) is 0 Å². The fourth-order valence-corrected chi connectivity index (χ4v) is 2.86. The standard InChI is InChI=1S/C16H11BrClNO/c1-10-3-2-4-11(7-10)14(9-19)16(20)13-6-5-12(18)8-15(13)17/h2-8,14H,1H3. The quantitative estimate of drug-likeness (QED) is 0.740. The molecule has 0 bridgehead atoms. The number of nitriles is 1. The summed E-state index contributed by atoms with van der Waals surface area (Å²) in [5.41, 5.74) is 2.19. The van der Waals surface area contributed by atoms with Gasteiger partial charge in [0, 0.05) is 15.1 Å². The van der Waals surface area contributed by atoms with Crippen LogP contribution in [0.1, 0.15) is 27.4 Å². The van der Waals surface area contributed by atoms with Crippen molar-refractivity contribution in [2.24, 2.45) is 0 Å². The van der Waals surface area contributed by atoms with E-state index in [0.717, 1.165) is 5.56 Å². The van der Waals surface area contributed by atoms with Crippen LogP contribution in [0.2, 0.25) is 5.02 Å². The first-order valence-electron chi connectivity index (χ1n) is 5.98. The predicted octanol–water partition coefficient (Wildman–Crippen LogP) is 4.90. The summed E-state index contributed by atoms with van der Waals surface area (Å²) < 4.78 is 0.600. The Morgan fingerprint density at radius 2 is 2.05 bits per heavy atom. The third kappa shape index (κ3) is 3.09. The van der Waals surface area contributed by atoms with Gasteiger partial charge in [-0.05, 0) is 46.6 Å². The van der Waals surface area contributed by atoms with Crippen molar-refractivity contribution in [3.8, 4) is 6.07 Å². The first-order chi connectivity index (χ1) is 9.52. The molecule has 0 aliphatic heterocycles. The lowest BCUT2D eigenvalue weighted by atomic mass is 9.91. The minimum absolute atomic E-state index is 0.235. The average Bonchev–Trinajstić information content (AvgIpc) is 2.39. The van der Waals surface area contributed by atoms with Crippen LogP contribution in [0.3, 0.4) is 0 Å². The molecule has 0 amide bonds. The molecule has 2 aromatic rings. The van der Waals surface area contributed by atoms with Crippen LogP contribution in [0.25, 0.3) is 0 Å². The second kappa shape index (κ2) is 6.21. The Labute approximate surface area is 131 Å². The van der Waals surface area contributed by atoms with Gasteiger partial charge in [0.05, 0.1) is 6.07 Å². The smallest absolute Gasteiger partial charge is 0.185 e. The predicted molar refractivity (Wildman–Crippen MR) is 83.0 cm³/mol. The number of benzene rings is 2. The summed E-state index contributed by atoms with van der Waals surface area (Å²) in [5.74, 6) is -1.05. The van der Waals surface area contributed by atoms with Crippen molar-refractivity contribution in [1.82, 2.24) is 0 Å². The topological polar surface area (TPSA) is 40.9 Å². The van der Waals surface area contributed by atoms with Crippen LogP contribution in [0.4, 0.5) is 0 Å². The highest BCUT2D eigenvalue weighted by atomic mass is 79.9. The van der Waals surface area contributed by atoms with Crippen LogP contribution in [0.15, 0.2) is 46.9 Å². The van der Waals surface area contributed by atoms with E-state index in [9.17, 15) is 10.1 Å². The van der Waals surface area contributed by atoms with Crippen LogP contribution < -0.4 is 0 Å². The summed E-state index contributed by atoms with van der Waals surface area (Å²) in [6.07, 6.45) is 0. The lowest BCUT2D eigenvalue weighted by Gasteiger charge is -2.11. The van der Waals surface area contributed by atoms with Gasteiger partial charge >= 0.3 is 0 Å². The van der Waals surface area contributed by atoms with Crippen LogP contribution in [-0.2, 0) is 0 Å². The summed E-state index contributed by atoms with van der Waals surface area (Å²) in [5, 5.41) is 9.87. The Morgan fingerprint density at radius 3 is 2.65 bits per heavy atom. The van der Waals surface area contributed by atoms with E-state index in [1.54, 1.807) is 24.3 Å². The largest absolute Gasteiger partial charge is 0.292 e. The summed E-state index contributed by atoms with van der Waals surface area (Å²) >= 11 is 9.18. The van der Waals surface area contributed by atoms with E-state index in [-0.39, 0.29) is 5.78 Å². The minimum Gasteiger partial charge on any atom is -0.292 e. The van der Waals surface area contributed by atoms with Crippen LogP contribution in [0, 0.1) is 18.3 Å². The Kier molecular flexibility index (Phi) is 4.59. The zero-order valence-electron chi connectivity index (χ0n) is 10.7. The molecule has 0 heterocycles. The molecule has 2 nitrogen and oxygen atoms in total. The Balaban J connectivity index is 2.42. The van der Waals surface area contributed by atoms with E-state index < -0.39 is 5.92 Å². The van der Waals surface area contributed by atoms with Crippen molar-refractivity contribution >= 4 is 33.3 Å². The molecule has 0 saturated heterocycles. The molecule has 1 atom stereocenters. The summed E-state index contributed by atoms with van der Waals surface area (Å²) in [6.45, 7) is 1.93. The minimum atomic E-state index is -0.813. The van der Waals surface area contributed by atoms with Crippen LogP contribution in [-0.4, -0.2) is 5.78 Å². The van der Waals surface area contributed by atoms with Gasteiger partial charge < -0.3 is 0 Å². The van der Waals surface area contributed by atoms with Crippen molar-refractivity contribution in [3.63, 3.8) is 0 Å². The Morgan fingerprint density at radius 1 is 1.30 bits per heavy atom. The van der Waals surface area contributed by atoms with E-state index >= 15 is 0 Å². The second-order valence-corrected chi connectivity index (χ2v) is 5.76. The zero-order chi connectivity index (χ0) is 14.7. The van der Waals surface area contributed by atoms with Gasteiger partial charge in [0.15, 0.2) is 5.78 Å². The average molecular weight is 349 g/mol. The molecule has 0 aliphatic rings. The van der Waals surface area contributed by atoms with Gasteiger partial charge in [-0.2, -0.15) is 5.26 Å². The van der Waals surface area contributed by atoms with Crippen molar-refractivity contribution < 1.29 is 4.79 Å². The van der Waals surface area contributed by atoms with Crippen molar-refractivity contribution in [3.05, 3.63) is 68.7 Å². The number of carbonyl (C=O) groups excluding carboxylic acids is 1. The summed E-state index contributed by atoms with van der Waals surface area (Å²) in [7, 11) is 0. The molecule has 0 N–H and O–H groups in total. The highest BCUT2D eigenvalue weighted by molar-refractivity contribution is 9.10. The normalized spacial score (nSPS) is 11.7. The fourth-order valence-electron chi connectivity index (χ4n) is 1.98. The highest BCUT2D eigenvalue weighted by Crippen LogP contribution is 2.27. The molecule has 0 fully saturated rings. The molecule has 1 unspecified atom stereocenters. The Bertz CT molecular complexity index is 706. The first kappa shape index (κ1) is 14.8. The van der Waals surface area contributed by atoms with Crippen molar-refractivity contribution in [2.75, 3.05) is 0 Å². The molecule has 100 valence electrons. The molecule has 20 heavy (non-hydrogen) atoms. The third-order valence-electron chi connectivity index (χ3n) is 2.96. The van der Waals surface area contributed by atoms with E-state index in [0.29, 0.717) is 20.6 Å². The number of ketones is 1. The van der Waals surface area contributed by atoms with Gasteiger partial charge in [-0.15, -0.1) is 0 Å². The number of aryl methyl sites for hydroxylation is 1. The highest BCUT2D eigenvalue weighted by Gasteiger charge is 2.23. The summed E-state index contributed by atoms with van der Waals surface area (Å²) in [6, 6.07) is 14.4. The van der Waals surface area contributed by atoms with Gasteiger partial charge in [-0.1, -0.05) is 41.4 Å². The molecule has 2 aromatic carbocycles. The van der Waals surface area contributed by atoms with Gasteiger partial charge in [0.2, 0.25) is 0 Å². The molecular weight excluding hydrogens is 338 g/mol. The molecular formula is C16H11BrClNO. The number of hydrogen-bond donors (Lipinski definition) is 0. The maximum Gasteiger partial charge on any atom is 0.185 e. The number of hydrogen-bond acceptors (Lipinski definition) is 2. The van der Waals surface area contributed by atoms with E-state index in [1.807, 2.05) is 25.1 Å². The molecule has 0 radical (unpaired) electrons. The second-order valence-electron chi connectivity index (χ2n) is 4.46. The molecule has 0 aliphatic carbocycles. The SMILES string of the molecule is Cc1cccc(C(C#N)C(=O)c2ccc(Cl)cc2Br)c1. The van der Waals surface area contributed by atoms with Gasteiger partial charge in [0.1, 0.15) is 5.92 Å². The monoisotopic (exact) mass is 347 g/mol. The van der Waals surface area contributed by atoms with Gasteiger partial charge in [-0.25, -0.2) is 0 Å². The van der Waals surface area contributed by atoms with Crippen LogP contribution >= 0.6 is 27.5 Å². The van der Waals surface area contributed by atoms with E-state index in [4.69, 9.17) is 11.6 Å². The number of halogens is 2. The molecule has 0 saturated carbocycles. The van der Waals surface area contributed by atoms with Gasteiger partial charge in [0.25, 0.3) is 0 Å². The zero-order valence-corrected chi connectivity index (χ0v) is 13.1.